The van der Waals surface area contributed by atoms with E-state index in [1.54, 1.807) is 20.8 Å². The molecule has 0 aliphatic carbocycles. The number of alkyl carbamates (subject to hydrolysis) is 1. The van der Waals surface area contributed by atoms with Crippen LogP contribution in [-0.2, 0) is 9.53 Å². The number of benzene rings is 1. The Morgan fingerprint density at radius 2 is 2.00 bits per heavy atom. The number of thioether (sulfide) groups is 1. The first-order chi connectivity index (χ1) is 10.2. The molecule has 0 fully saturated rings. The number of anilines is 1. The SMILES string of the molecule is CN(C)c1ccccc1SC[C@@H](C=O)NC(=O)OC(C)(C)C. The third-order valence-electron chi connectivity index (χ3n) is 2.63. The molecule has 5 nitrogen and oxygen atoms in total. The third kappa shape index (κ3) is 6.39. The fourth-order valence-corrected chi connectivity index (χ4v) is 2.80. The van der Waals surface area contributed by atoms with Crippen molar-refractivity contribution in [2.75, 3.05) is 24.7 Å². The summed E-state index contributed by atoms with van der Waals surface area (Å²) in [5.41, 5.74) is 0.497. The van der Waals surface area contributed by atoms with Gasteiger partial charge in [0.25, 0.3) is 0 Å². The maximum absolute atomic E-state index is 11.7. The number of carbonyl (C=O) groups is 2. The van der Waals surface area contributed by atoms with Crippen LogP contribution in [0, 0.1) is 0 Å². The first-order valence-corrected chi connectivity index (χ1v) is 8.05. The summed E-state index contributed by atoms with van der Waals surface area (Å²) < 4.78 is 5.16. The topological polar surface area (TPSA) is 58.6 Å². The summed E-state index contributed by atoms with van der Waals surface area (Å²) >= 11 is 1.52. The van der Waals surface area contributed by atoms with Crippen molar-refractivity contribution in [2.45, 2.75) is 37.3 Å². The standard InChI is InChI=1S/C16H24N2O3S/c1-16(2,3)21-15(20)17-12(10-19)11-22-14-9-7-6-8-13(14)18(4)5/h6-10,12H,11H2,1-5H3,(H,17,20)/t12-/m1/s1. The molecule has 1 rings (SSSR count). The van der Waals surface area contributed by atoms with Gasteiger partial charge < -0.3 is 19.7 Å². The Hall–Kier alpha value is -1.69. The summed E-state index contributed by atoms with van der Waals surface area (Å²) in [7, 11) is 3.94. The fourth-order valence-electron chi connectivity index (χ4n) is 1.70. The lowest BCUT2D eigenvalue weighted by Crippen LogP contribution is -2.41. The molecule has 1 aromatic rings. The van der Waals surface area contributed by atoms with Gasteiger partial charge >= 0.3 is 6.09 Å². The Balaban J connectivity index is 2.61. The Morgan fingerprint density at radius 3 is 2.55 bits per heavy atom. The van der Waals surface area contributed by atoms with Crippen LogP contribution in [0.4, 0.5) is 10.5 Å². The summed E-state index contributed by atoms with van der Waals surface area (Å²) in [4.78, 5) is 25.9. The highest BCUT2D eigenvalue weighted by atomic mass is 32.2. The molecule has 0 bridgehead atoms. The van der Waals surface area contributed by atoms with E-state index >= 15 is 0 Å². The van der Waals surface area contributed by atoms with Crippen LogP contribution in [0.25, 0.3) is 0 Å². The normalized spacial score (nSPS) is 12.4. The Kier molecular flexibility index (Phi) is 6.74. The van der Waals surface area contributed by atoms with Gasteiger partial charge in [0.2, 0.25) is 0 Å². The van der Waals surface area contributed by atoms with E-state index in [4.69, 9.17) is 4.74 Å². The van der Waals surface area contributed by atoms with Gasteiger partial charge in [-0.05, 0) is 32.9 Å². The number of rotatable bonds is 6. The van der Waals surface area contributed by atoms with Crippen molar-refractivity contribution in [1.29, 1.82) is 0 Å². The van der Waals surface area contributed by atoms with E-state index in [-0.39, 0.29) is 0 Å². The molecule has 0 heterocycles. The van der Waals surface area contributed by atoms with Crippen LogP contribution in [0.3, 0.4) is 0 Å². The average molecular weight is 324 g/mol. The minimum Gasteiger partial charge on any atom is -0.444 e. The Labute approximate surface area is 136 Å². The van der Waals surface area contributed by atoms with Gasteiger partial charge in [-0.2, -0.15) is 0 Å². The molecule has 1 amide bonds. The van der Waals surface area contributed by atoms with Crippen LogP contribution in [0.5, 0.6) is 0 Å². The maximum atomic E-state index is 11.7. The minimum atomic E-state index is -0.588. The number of amides is 1. The first-order valence-electron chi connectivity index (χ1n) is 7.07. The molecule has 0 saturated heterocycles. The van der Waals surface area contributed by atoms with Crippen LogP contribution in [-0.4, -0.2) is 43.9 Å². The molecular weight excluding hydrogens is 300 g/mol. The van der Waals surface area contributed by atoms with E-state index in [0.29, 0.717) is 5.75 Å². The lowest BCUT2D eigenvalue weighted by molar-refractivity contribution is -0.109. The number of ether oxygens (including phenoxy) is 1. The number of hydrogen-bond donors (Lipinski definition) is 1. The molecule has 6 heteroatoms. The molecule has 0 spiro atoms. The first kappa shape index (κ1) is 18.4. The van der Waals surface area contributed by atoms with Gasteiger partial charge in [0.15, 0.2) is 0 Å². The molecule has 0 aliphatic rings. The molecule has 1 atom stereocenters. The van der Waals surface area contributed by atoms with Gasteiger partial charge in [-0.15, -0.1) is 11.8 Å². The largest absolute Gasteiger partial charge is 0.444 e. The van der Waals surface area contributed by atoms with E-state index in [2.05, 4.69) is 5.32 Å². The highest BCUT2D eigenvalue weighted by molar-refractivity contribution is 7.99. The third-order valence-corrected chi connectivity index (χ3v) is 3.81. The molecule has 22 heavy (non-hydrogen) atoms. The van der Waals surface area contributed by atoms with E-state index < -0.39 is 17.7 Å². The smallest absolute Gasteiger partial charge is 0.408 e. The molecule has 0 unspecified atom stereocenters. The van der Waals surface area contributed by atoms with Crippen LogP contribution in [0.15, 0.2) is 29.2 Å². The Bertz CT molecular complexity index is 512. The highest BCUT2D eigenvalue weighted by Gasteiger charge is 2.19. The van der Waals surface area contributed by atoms with Gasteiger partial charge in [0.05, 0.1) is 6.04 Å². The molecule has 1 aromatic carbocycles. The van der Waals surface area contributed by atoms with Crippen molar-refractivity contribution in [1.82, 2.24) is 5.32 Å². The lowest BCUT2D eigenvalue weighted by atomic mass is 10.2. The van der Waals surface area contributed by atoms with Crippen LogP contribution >= 0.6 is 11.8 Å². The zero-order valence-electron chi connectivity index (χ0n) is 13.8. The second-order valence-electron chi connectivity index (χ2n) is 6.06. The summed E-state index contributed by atoms with van der Waals surface area (Å²) in [6.45, 7) is 5.35. The van der Waals surface area contributed by atoms with Gasteiger partial charge in [-0.25, -0.2) is 4.79 Å². The number of nitrogens with zero attached hydrogens (tertiary/aromatic N) is 1. The monoisotopic (exact) mass is 324 g/mol. The Morgan fingerprint density at radius 1 is 1.36 bits per heavy atom. The quantitative estimate of drug-likeness (QED) is 0.644. The number of para-hydroxylation sites is 1. The van der Waals surface area contributed by atoms with Gasteiger partial charge in [-0.1, -0.05) is 12.1 Å². The second-order valence-corrected chi connectivity index (χ2v) is 7.12. The van der Waals surface area contributed by atoms with E-state index in [1.807, 2.05) is 43.3 Å². The summed E-state index contributed by atoms with van der Waals surface area (Å²) in [6.07, 6.45) is 0.154. The molecular formula is C16H24N2O3S. The summed E-state index contributed by atoms with van der Waals surface area (Å²) in [5, 5.41) is 2.58. The number of nitrogens with one attached hydrogen (secondary N) is 1. The van der Waals surface area contributed by atoms with Crippen molar-refractivity contribution in [2.24, 2.45) is 0 Å². The van der Waals surface area contributed by atoms with Crippen LogP contribution < -0.4 is 10.2 Å². The molecule has 0 aromatic heterocycles. The van der Waals surface area contributed by atoms with E-state index in [9.17, 15) is 9.59 Å². The molecule has 0 aliphatic heterocycles. The van der Waals surface area contributed by atoms with Crippen LogP contribution in [0.1, 0.15) is 20.8 Å². The lowest BCUT2D eigenvalue weighted by Gasteiger charge is -2.22. The van der Waals surface area contributed by atoms with E-state index in [0.717, 1.165) is 16.9 Å². The zero-order chi connectivity index (χ0) is 16.8. The van der Waals surface area contributed by atoms with Crippen molar-refractivity contribution >= 4 is 29.8 Å². The van der Waals surface area contributed by atoms with Crippen molar-refractivity contribution < 1.29 is 14.3 Å². The van der Waals surface area contributed by atoms with E-state index in [1.165, 1.54) is 11.8 Å². The molecule has 1 N–H and O–H groups in total. The number of aldehydes is 1. The van der Waals surface area contributed by atoms with Gasteiger partial charge in [0, 0.05) is 30.4 Å². The minimum absolute atomic E-state index is 0.452. The van der Waals surface area contributed by atoms with Gasteiger partial charge in [0.1, 0.15) is 11.9 Å². The average Bonchev–Trinajstić information content (AvgIpc) is 2.41. The van der Waals surface area contributed by atoms with Crippen LogP contribution in [0.2, 0.25) is 0 Å². The summed E-state index contributed by atoms with van der Waals surface area (Å²) in [5.74, 6) is 0.452. The fraction of sp³-hybridized carbons (Fsp3) is 0.500. The van der Waals surface area contributed by atoms with Gasteiger partial charge in [-0.3, -0.25) is 0 Å². The van der Waals surface area contributed by atoms with Crippen molar-refractivity contribution in [3.05, 3.63) is 24.3 Å². The number of hydrogen-bond acceptors (Lipinski definition) is 5. The number of carbonyl (C=O) groups excluding carboxylic acids is 2. The second kappa shape index (κ2) is 8.08. The molecule has 122 valence electrons. The van der Waals surface area contributed by atoms with Crippen molar-refractivity contribution in [3.8, 4) is 0 Å². The summed E-state index contributed by atoms with van der Waals surface area (Å²) in [6, 6.07) is 7.34. The maximum Gasteiger partial charge on any atom is 0.408 e. The zero-order valence-corrected chi connectivity index (χ0v) is 14.6. The van der Waals surface area contributed by atoms with Crippen molar-refractivity contribution in [3.63, 3.8) is 0 Å². The molecule has 0 radical (unpaired) electrons. The predicted molar refractivity (Wildman–Crippen MR) is 90.7 cm³/mol. The molecule has 0 saturated carbocycles. The highest BCUT2D eigenvalue weighted by Crippen LogP contribution is 2.29. The predicted octanol–water partition coefficient (Wildman–Crippen LogP) is 2.94.